The third-order valence-corrected chi connectivity index (χ3v) is 3.34. The number of carbonyl (C=O) groups excluding carboxylic acids is 2. The summed E-state index contributed by atoms with van der Waals surface area (Å²) in [4.78, 5) is 27.6. The van der Waals surface area contributed by atoms with E-state index in [0.29, 0.717) is 18.3 Å². The van der Waals surface area contributed by atoms with E-state index in [-0.39, 0.29) is 12.3 Å². The topological polar surface area (TPSA) is 86.1 Å². The number of anilines is 1. The lowest BCUT2D eigenvalue weighted by molar-refractivity contribution is -0.143. The fourth-order valence-electron chi connectivity index (χ4n) is 2.22. The van der Waals surface area contributed by atoms with Gasteiger partial charge in [0.05, 0.1) is 26.0 Å². The van der Waals surface area contributed by atoms with Crippen molar-refractivity contribution >= 4 is 17.8 Å². The van der Waals surface area contributed by atoms with Crippen molar-refractivity contribution in [3.05, 3.63) is 30.3 Å². The minimum atomic E-state index is -0.490. The summed E-state index contributed by atoms with van der Waals surface area (Å²) in [5, 5.41) is 7.05. The molecule has 0 saturated heterocycles. The van der Waals surface area contributed by atoms with Crippen LogP contribution in [0.5, 0.6) is 0 Å². The van der Waals surface area contributed by atoms with E-state index in [1.807, 2.05) is 30.3 Å². The molecule has 2 aromatic rings. The molecule has 7 nitrogen and oxygen atoms in total. The molecule has 0 radical (unpaired) electrons. The first kappa shape index (κ1) is 13.3. The average Bonchev–Trinajstić information content (AvgIpc) is 2.91. The second-order valence-corrected chi connectivity index (χ2v) is 4.77. The van der Waals surface area contributed by atoms with Crippen LogP contribution in [0.2, 0.25) is 0 Å². The zero-order valence-corrected chi connectivity index (χ0v) is 11.4. The standard InChI is InChI=1S/C14H14N4O3/c1-21-11(19)7-10-8-18-14(16-13(10)20)15-12(17-18)9-5-3-2-4-6-9/h2-6,10H,7-8H2,1H3,(H,15,16,17,20)/t10-/m1/s1. The minimum absolute atomic E-state index is 0.0301. The smallest absolute Gasteiger partial charge is 0.306 e. The molecular formula is C14H14N4O3. The molecular weight excluding hydrogens is 272 g/mol. The predicted octanol–water partition coefficient (Wildman–Crippen LogP) is 1.08. The van der Waals surface area contributed by atoms with Crippen LogP contribution in [0.3, 0.4) is 0 Å². The average molecular weight is 286 g/mol. The van der Waals surface area contributed by atoms with Crippen molar-refractivity contribution in [3.63, 3.8) is 0 Å². The van der Waals surface area contributed by atoms with E-state index in [2.05, 4.69) is 20.1 Å². The highest BCUT2D eigenvalue weighted by atomic mass is 16.5. The fourth-order valence-corrected chi connectivity index (χ4v) is 2.22. The number of nitrogens with zero attached hydrogens (tertiary/aromatic N) is 3. The molecule has 7 heteroatoms. The third kappa shape index (κ3) is 2.62. The van der Waals surface area contributed by atoms with Crippen LogP contribution in [-0.2, 0) is 20.9 Å². The van der Waals surface area contributed by atoms with Gasteiger partial charge in [0.15, 0.2) is 5.82 Å². The molecule has 1 N–H and O–H groups in total. The van der Waals surface area contributed by atoms with Gasteiger partial charge in [-0.3, -0.25) is 14.9 Å². The maximum Gasteiger partial charge on any atom is 0.306 e. The summed E-state index contributed by atoms with van der Waals surface area (Å²) in [7, 11) is 1.30. The molecule has 2 heterocycles. The summed E-state index contributed by atoms with van der Waals surface area (Å²) in [6.07, 6.45) is 0.0301. The summed E-state index contributed by atoms with van der Waals surface area (Å²) < 4.78 is 6.21. The Labute approximate surface area is 120 Å². The zero-order chi connectivity index (χ0) is 14.8. The van der Waals surface area contributed by atoms with Gasteiger partial charge in [-0.1, -0.05) is 30.3 Å². The van der Waals surface area contributed by atoms with Gasteiger partial charge in [-0.05, 0) is 0 Å². The normalized spacial score (nSPS) is 17.0. The molecule has 108 valence electrons. The molecule has 1 aromatic carbocycles. The van der Waals surface area contributed by atoms with Crippen LogP contribution in [-0.4, -0.2) is 33.8 Å². The van der Waals surface area contributed by atoms with Gasteiger partial charge in [0.25, 0.3) is 0 Å². The first-order valence-electron chi connectivity index (χ1n) is 6.55. The molecule has 1 aliphatic heterocycles. The van der Waals surface area contributed by atoms with E-state index in [1.165, 1.54) is 7.11 Å². The molecule has 1 aromatic heterocycles. The number of methoxy groups -OCH3 is 1. The van der Waals surface area contributed by atoms with E-state index in [4.69, 9.17) is 0 Å². The molecule has 21 heavy (non-hydrogen) atoms. The van der Waals surface area contributed by atoms with Crippen LogP contribution in [0, 0.1) is 5.92 Å². The van der Waals surface area contributed by atoms with E-state index in [0.717, 1.165) is 5.56 Å². The summed E-state index contributed by atoms with van der Waals surface area (Å²) >= 11 is 0. The SMILES string of the molecule is COC(=O)C[C@@H]1Cn2nc(-c3ccccc3)nc2NC1=O. The number of aromatic nitrogens is 3. The van der Waals surface area contributed by atoms with Gasteiger partial charge in [-0.25, -0.2) is 4.68 Å². The lowest BCUT2D eigenvalue weighted by atomic mass is 10.0. The number of hydrogen-bond acceptors (Lipinski definition) is 5. The van der Waals surface area contributed by atoms with Gasteiger partial charge < -0.3 is 4.74 Å². The highest BCUT2D eigenvalue weighted by molar-refractivity contribution is 5.94. The quantitative estimate of drug-likeness (QED) is 0.853. The van der Waals surface area contributed by atoms with Crippen LogP contribution >= 0.6 is 0 Å². The van der Waals surface area contributed by atoms with Crippen molar-refractivity contribution in [2.75, 3.05) is 12.4 Å². The van der Waals surface area contributed by atoms with Gasteiger partial charge in [0.1, 0.15) is 0 Å². The Morgan fingerprint density at radius 2 is 2.19 bits per heavy atom. The lowest BCUT2D eigenvalue weighted by Gasteiger charge is -2.20. The third-order valence-electron chi connectivity index (χ3n) is 3.34. The Morgan fingerprint density at radius 1 is 1.43 bits per heavy atom. The largest absolute Gasteiger partial charge is 0.469 e. The highest BCUT2D eigenvalue weighted by Gasteiger charge is 2.30. The Balaban J connectivity index is 1.85. The summed E-state index contributed by atoms with van der Waals surface area (Å²) in [6, 6.07) is 9.50. The highest BCUT2D eigenvalue weighted by Crippen LogP contribution is 2.23. The maximum absolute atomic E-state index is 12.0. The predicted molar refractivity (Wildman–Crippen MR) is 74.2 cm³/mol. The number of ether oxygens (including phenoxy) is 1. The van der Waals surface area contributed by atoms with Crippen molar-refractivity contribution in [2.45, 2.75) is 13.0 Å². The minimum Gasteiger partial charge on any atom is -0.469 e. The Bertz CT molecular complexity index is 681. The van der Waals surface area contributed by atoms with Gasteiger partial charge in [0.2, 0.25) is 11.9 Å². The summed E-state index contributed by atoms with van der Waals surface area (Å²) in [5.74, 6) is -0.193. The number of rotatable bonds is 3. The molecule has 0 fully saturated rings. The van der Waals surface area contributed by atoms with E-state index < -0.39 is 11.9 Å². The zero-order valence-electron chi connectivity index (χ0n) is 11.4. The van der Waals surface area contributed by atoms with Crippen LogP contribution in [0.15, 0.2) is 30.3 Å². The number of hydrogen-bond donors (Lipinski definition) is 1. The molecule has 3 rings (SSSR count). The second-order valence-electron chi connectivity index (χ2n) is 4.77. The second kappa shape index (κ2) is 5.35. The maximum atomic E-state index is 12.0. The molecule has 0 bridgehead atoms. The monoisotopic (exact) mass is 286 g/mol. The summed E-state index contributed by atoms with van der Waals surface area (Å²) in [6.45, 7) is 0.316. The molecule has 1 atom stereocenters. The van der Waals surface area contributed by atoms with E-state index in [9.17, 15) is 9.59 Å². The van der Waals surface area contributed by atoms with Gasteiger partial charge in [-0.15, -0.1) is 5.10 Å². The van der Waals surface area contributed by atoms with Gasteiger partial charge >= 0.3 is 5.97 Å². The van der Waals surface area contributed by atoms with E-state index in [1.54, 1.807) is 4.68 Å². The first-order chi connectivity index (χ1) is 10.2. The number of amides is 1. The molecule has 0 saturated carbocycles. The fraction of sp³-hybridized carbons (Fsp3) is 0.286. The molecule has 0 spiro atoms. The molecule has 1 aliphatic rings. The lowest BCUT2D eigenvalue weighted by Crippen LogP contribution is -2.35. The molecule has 1 amide bonds. The summed E-state index contributed by atoms with van der Waals surface area (Å²) in [5.41, 5.74) is 0.873. The van der Waals surface area contributed by atoms with E-state index >= 15 is 0 Å². The van der Waals surface area contributed by atoms with Gasteiger partial charge in [-0.2, -0.15) is 4.98 Å². The molecule has 0 unspecified atom stereocenters. The number of carbonyl (C=O) groups is 2. The number of fused-ring (bicyclic) bond motifs is 1. The Hall–Kier alpha value is -2.70. The van der Waals surface area contributed by atoms with Crippen molar-refractivity contribution in [3.8, 4) is 11.4 Å². The Morgan fingerprint density at radius 3 is 2.90 bits per heavy atom. The van der Waals surface area contributed by atoms with Crippen molar-refractivity contribution in [2.24, 2.45) is 5.92 Å². The van der Waals surface area contributed by atoms with Crippen molar-refractivity contribution in [1.29, 1.82) is 0 Å². The van der Waals surface area contributed by atoms with Crippen LogP contribution < -0.4 is 5.32 Å². The van der Waals surface area contributed by atoms with Crippen LogP contribution in [0.4, 0.5) is 5.95 Å². The first-order valence-corrected chi connectivity index (χ1v) is 6.55. The number of esters is 1. The van der Waals surface area contributed by atoms with Crippen molar-refractivity contribution < 1.29 is 14.3 Å². The number of benzene rings is 1. The van der Waals surface area contributed by atoms with Crippen LogP contribution in [0.25, 0.3) is 11.4 Å². The van der Waals surface area contributed by atoms with Crippen molar-refractivity contribution in [1.82, 2.24) is 14.8 Å². The van der Waals surface area contributed by atoms with Crippen LogP contribution in [0.1, 0.15) is 6.42 Å². The van der Waals surface area contributed by atoms with Gasteiger partial charge in [0, 0.05) is 5.56 Å². The Kier molecular flexibility index (Phi) is 3.39. The number of nitrogens with one attached hydrogen (secondary N) is 1. The molecule has 0 aliphatic carbocycles.